The summed E-state index contributed by atoms with van der Waals surface area (Å²) in [5.41, 5.74) is -0.748. The Balaban J connectivity index is 2.06. The average molecular weight is 594 g/mol. The Morgan fingerprint density at radius 1 is 1.32 bits per heavy atom. The first-order chi connectivity index (χ1) is 19.6. The third-order valence-corrected chi connectivity index (χ3v) is 8.09. The number of para-hydroxylation sites is 1. The maximum absolute atomic E-state index is 13.7. The molecule has 13 heteroatoms. The monoisotopic (exact) mass is 593 g/mol. The van der Waals surface area contributed by atoms with Crippen LogP contribution in [0.1, 0.15) is 52.9 Å². The van der Waals surface area contributed by atoms with Crippen molar-refractivity contribution in [2.45, 2.75) is 70.7 Å². The number of esters is 1. The van der Waals surface area contributed by atoms with E-state index in [4.69, 9.17) is 23.9 Å². The number of ether oxygens (including phenoxy) is 2. The topological polar surface area (TPSA) is 152 Å². The number of nitrogens with one attached hydrogen (secondary N) is 3. The fourth-order valence-corrected chi connectivity index (χ4v) is 5.85. The third-order valence-electron chi connectivity index (χ3n) is 6.61. The number of hydrogen-bond acceptors (Lipinski definition) is 10. The molecule has 0 radical (unpaired) electrons. The second kappa shape index (κ2) is 17.0. The van der Waals surface area contributed by atoms with Crippen LogP contribution < -0.4 is 14.9 Å². The van der Waals surface area contributed by atoms with Crippen molar-refractivity contribution in [1.82, 2.24) is 15.3 Å². The molecular formula is C28H44N5O7P. The molecule has 1 fully saturated rings. The van der Waals surface area contributed by atoms with Crippen molar-refractivity contribution in [2.75, 3.05) is 26.8 Å². The molecule has 4 atom stereocenters. The van der Waals surface area contributed by atoms with Gasteiger partial charge in [-0.15, -0.1) is 0 Å². The van der Waals surface area contributed by atoms with Gasteiger partial charge in [0.05, 0.1) is 19.3 Å². The number of rotatable bonds is 19. The number of likely N-dealkylation sites (N-methyl/N-ethyl adjacent to an activating group) is 1. The molecule has 0 spiro atoms. The Kier molecular flexibility index (Phi) is 14.2. The fourth-order valence-electron chi connectivity index (χ4n) is 4.55. The van der Waals surface area contributed by atoms with Gasteiger partial charge in [0.15, 0.2) is 6.23 Å². The second-order valence-corrected chi connectivity index (χ2v) is 11.9. The van der Waals surface area contributed by atoms with Gasteiger partial charge < -0.3 is 24.2 Å². The molecule has 1 aliphatic heterocycles. The van der Waals surface area contributed by atoms with Crippen LogP contribution in [0.4, 0.5) is 0 Å². The number of hydrogen-bond donors (Lipinski definition) is 3. The Labute approximate surface area is 243 Å². The lowest BCUT2D eigenvalue weighted by molar-refractivity contribution is -0.143. The van der Waals surface area contributed by atoms with Crippen molar-refractivity contribution in [3.63, 3.8) is 0 Å². The largest absolute Gasteiger partial charge is 0.464 e. The third kappa shape index (κ3) is 11.4. The number of carbonyl (C=O) groups is 2. The number of amides is 1. The summed E-state index contributed by atoms with van der Waals surface area (Å²) in [6.07, 6.45) is 6.64. The number of benzene rings is 1. The van der Waals surface area contributed by atoms with Crippen molar-refractivity contribution in [3.05, 3.63) is 42.6 Å². The Morgan fingerprint density at radius 2 is 2.00 bits per heavy atom. The molecule has 41 heavy (non-hydrogen) atoms. The van der Waals surface area contributed by atoms with Crippen molar-refractivity contribution in [2.24, 2.45) is 10.9 Å². The van der Waals surface area contributed by atoms with Gasteiger partial charge in [-0.2, -0.15) is 0 Å². The summed E-state index contributed by atoms with van der Waals surface area (Å²) >= 11 is 0. The first-order valence-corrected chi connectivity index (χ1v) is 15.3. The lowest BCUT2D eigenvalue weighted by Gasteiger charge is -2.32. The molecular weight excluding hydrogens is 549 g/mol. The van der Waals surface area contributed by atoms with Gasteiger partial charge in [0.1, 0.15) is 23.7 Å². The highest BCUT2D eigenvalue weighted by Crippen LogP contribution is 2.45. The van der Waals surface area contributed by atoms with Gasteiger partial charge >= 0.3 is 13.7 Å². The van der Waals surface area contributed by atoms with Crippen LogP contribution in [0.5, 0.6) is 5.75 Å². The normalized spacial score (nSPS) is 21.8. The minimum absolute atomic E-state index is 0.0900. The molecule has 1 heterocycles. The van der Waals surface area contributed by atoms with Crippen LogP contribution >= 0.6 is 7.75 Å². The number of aliphatic imine (C=N–C) groups is 1. The zero-order valence-electron chi connectivity index (χ0n) is 24.4. The molecule has 12 nitrogen and oxygen atoms in total. The first kappa shape index (κ1) is 34.2. The van der Waals surface area contributed by atoms with Gasteiger partial charge in [-0.3, -0.25) is 24.5 Å². The lowest BCUT2D eigenvalue weighted by atomic mass is 9.96. The number of amidine groups is 1. The molecule has 0 aromatic heterocycles. The van der Waals surface area contributed by atoms with E-state index in [1.807, 2.05) is 6.92 Å². The van der Waals surface area contributed by atoms with Gasteiger partial charge in [-0.05, 0) is 50.6 Å². The van der Waals surface area contributed by atoms with E-state index in [1.54, 1.807) is 48.5 Å². The summed E-state index contributed by atoms with van der Waals surface area (Å²) in [5.74, 6) is -0.0430. The van der Waals surface area contributed by atoms with Gasteiger partial charge in [-0.25, -0.2) is 9.65 Å². The van der Waals surface area contributed by atoms with Gasteiger partial charge in [0.25, 0.3) is 0 Å². The van der Waals surface area contributed by atoms with E-state index in [9.17, 15) is 14.2 Å². The van der Waals surface area contributed by atoms with Gasteiger partial charge in [-0.1, -0.05) is 44.9 Å². The fraction of sp³-hybridized carbons (Fsp3) is 0.571. The molecule has 1 amide bonds. The predicted molar refractivity (Wildman–Crippen MR) is 158 cm³/mol. The molecule has 228 valence electrons. The van der Waals surface area contributed by atoms with Crippen LogP contribution in [0.15, 0.2) is 47.6 Å². The molecule has 1 aromatic carbocycles. The van der Waals surface area contributed by atoms with Crippen molar-refractivity contribution in [1.29, 1.82) is 5.41 Å². The number of nitrogens with zero attached hydrogens (tertiary/aromatic N) is 2. The molecule has 0 bridgehead atoms. The van der Waals surface area contributed by atoms with Crippen molar-refractivity contribution < 1.29 is 32.7 Å². The van der Waals surface area contributed by atoms with Gasteiger partial charge in [0, 0.05) is 19.7 Å². The van der Waals surface area contributed by atoms with Crippen LogP contribution in [0, 0.1) is 11.3 Å². The minimum atomic E-state index is -4.02. The summed E-state index contributed by atoms with van der Waals surface area (Å²) in [7, 11) is -2.28. The highest BCUT2D eigenvalue weighted by atomic mass is 31.2. The van der Waals surface area contributed by atoms with E-state index in [2.05, 4.69) is 36.0 Å². The minimum Gasteiger partial charge on any atom is -0.464 e. The molecule has 3 N–H and O–H groups in total. The van der Waals surface area contributed by atoms with Crippen molar-refractivity contribution in [3.8, 4) is 5.75 Å². The van der Waals surface area contributed by atoms with E-state index < -0.39 is 31.6 Å². The van der Waals surface area contributed by atoms with E-state index in [0.717, 1.165) is 25.7 Å². The van der Waals surface area contributed by atoms with Crippen LogP contribution in [-0.2, 0) is 28.2 Å². The van der Waals surface area contributed by atoms with E-state index in [-0.39, 0.29) is 24.9 Å². The summed E-state index contributed by atoms with van der Waals surface area (Å²) in [6.45, 7) is 9.59. The smallest absolute Gasteiger partial charge is 0.459 e. The predicted octanol–water partition coefficient (Wildman–Crippen LogP) is 4.28. The SMILES string of the molecule is C=N[C@]1(C)CC(COP(=O)(NCC(=O)OCC(CCC)CCC)Oc2ccccc2)OC1N(C)/C=C\C(=N)NC=O. The molecule has 1 saturated heterocycles. The zero-order valence-corrected chi connectivity index (χ0v) is 25.3. The summed E-state index contributed by atoms with van der Waals surface area (Å²) in [6, 6.07) is 8.53. The van der Waals surface area contributed by atoms with E-state index in [0.29, 0.717) is 25.2 Å². The maximum Gasteiger partial charge on any atom is 0.459 e. The summed E-state index contributed by atoms with van der Waals surface area (Å²) in [4.78, 5) is 29.0. The van der Waals surface area contributed by atoms with Crippen LogP contribution in [0.2, 0.25) is 0 Å². The number of carbonyl (C=O) groups excluding carboxylic acids is 2. The lowest BCUT2D eigenvalue weighted by Crippen LogP contribution is -2.43. The average Bonchev–Trinajstić information content (AvgIpc) is 3.30. The van der Waals surface area contributed by atoms with Crippen molar-refractivity contribution >= 4 is 32.7 Å². The maximum atomic E-state index is 13.7. The Hall–Kier alpha value is -3.05. The Bertz CT molecular complexity index is 1070. The summed E-state index contributed by atoms with van der Waals surface area (Å²) in [5, 5.41) is 12.6. The van der Waals surface area contributed by atoms with Crippen LogP contribution in [0.3, 0.4) is 0 Å². The molecule has 0 saturated carbocycles. The molecule has 0 aliphatic carbocycles. The zero-order chi connectivity index (χ0) is 30.3. The Morgan fingerprint density at radius 3 is 2.61 bits per heavy atom. The second-order valence-electron chi connectivity index (χ2n) is 10.1. The highest BCUT2D eigenvalue weighted by Gasteiger charge is 2.47. The molecule has 3 unspecified atom stereocenters. The quantitative estimate of drug-likeness (QED) is 0.0702. The van der Waals surface area contributed by atoms with Crippen LogP contribution in [0.25, 0.3) is 0 Å². The van der Waals surface area contributed by atoms with E-state index >= 15 is 0 Å². The van der Waals surface area contributed by atoms with Gasteiger partial charge in [0.2, 0.25) is 6.41 Å². The van der Waals surface area contributed by atoms with E-state index in [1.165, 1.54) is 6.08 Å². The standard InChI is InChI=1S/C28H44N5O7P/c1-6-11-22(12-7-2)19-37-26(35)18-32-41(36,40-23-13-9-8-10-14-23)38-20-24-17-28(3,30-4)27(39-24)33(5)16-15-25(29)31-21-34/h8-10,13-16,21-22,24,27H,4,6-7,11-12,17-20H2,1-3,5H3,(H,32,36)(H2,29,31,34)/b16-15-/t24?,27?,28-,41?/m1/s1. The molecule has 2 rings (SSSR count). The molecule has 1 aliphatic rings. The summed E-state index contributed by atoms with van der Waals surface area (Å²) < 4.78 is 36.8. The highest BCUT2D eigenvalue weighted by molar-refractivity contribution is 7.52. The first-order valence-electron chi connectivity index (χ1n) is 13.8. The molecule has 1 aromatic rings. The van der Waals surface area contributed by atoms with Crippen LogP contribution in [-0.4, -0.2) is 74.5 Å².